The summed E-state index contributed by atoms with van der Waals surface area (Å²) in [4.78, 5) is 23.5. The lowest BCUT2D eigenvalue weighted by atomic mass is 9.74. The van der Waals surface area contributed by atoms with Crippen molar-refractivity contribution in [3.63, 3.8) is 0 Å². The van der Waals surface area contributed by atoms with Crippen molar-refractivity contribution < 1.29 is 19.7 Å². The number of aliphatic carboxylic acids is 1. The first kappa shape index (κ1) is 25.4. The molecule has 0 amide bonds. The predicted molar refractivity (Wildman–Crippen MR) is 138 cm³/mol. The van der Waals surface area contributed by atoms with E-state index in [1.54, 1.807) is 31.3 Å². The summed E-state index contributed by atoms with van der Waals surface area (Å²) in [6.07, 6.45) is 4.80. The first-order chi connectivity index (χ1) is 16.9. The number of aliphatic hydroxyl groups is 1. The molecular formula is C27H33N3O4S. The van der Waals surface area contributed by atoms with Crippen LogP contribution in [0.2, 0.25) is 0 Å². The lowest BCUT2D eigenvalue weighted by Gasteiger charge is -2.39. The van der Waals surface area contributed by atoms with Crippen LogP contribution in [-0.2, 0) is 4.79 Å². The number of benzene rings is 1. The van der Waals surface area contributed by atoms with Crippen LogP contribution in [0.1, 0.15) is 42.9 Å². The summed E-state index contributed by atoms with van der Waals surface area (Å²) in [7, 11) is 1.61. The Labute approximate surface area is 210 Å². The number of rotatable bonds is 10. The number of likely N-dealkylation sites (tertiary alicyclic amines) is 1. The van der Waals surface area contributed by atoms with Gasteiger partial charge in [-0.25, -0.2) is 4.98 Å². The van der Waals surface area contributed by atoms with E-state index in [2.05, 4.69) is 14.9 Å². The Kier molecular flexibility index (Phi) is 8.26. The summed E-state index contributed by atoms with van der Waals surface area (Å²) in [5, 5.41) is 23.2. The molecule has 1 aromatic carbocycles. The number of piperidine rings is 1. The van der Waals surface area contributed by atoms with E-state index < -0.39 is 17.5 Å². The lowest BCUT2D eigenvalue weighted by Crippen LogP contribution is -2.45. The average Bonchev–Trinajstić information content (AvgIpc) is 2.88. The van der Waals surface area contributed by atoms with Gasteiger partial charge in [0, 0.05) is 30.1 Å². The number of fused-ring (bicyclic) bond motifs is 1. The number of hydrogen-bond donors (Lipinski definition) is 2. The fraction of sp³-hybridized carbons (Fsp3) is 0.444. The second kappa shape index (κ2) is 11.4. The monoisotopic (exact) mass is 495 g/mol. The molecule has 4 rings (SSSR count). The molecule has 8 heteroatoms. The van der Waals surface area contributed by atoms with Gasteiger partial charge in [-0.3, -0.25) is 9.78 Å². The Morgan fingerprint density at radius 2 is 2.03 bits per heavy atom. The van der Waals surface area contributed by atoms with Gasteiger partial charge in [0.05, 0.1) is 29.2 Å². The largest absolute Gasteiger partial charge is 0.497 e. The molecule has 1 saturated heterocycles. The number of aromatic nitrogens is 2. The van der Waals surface area contributed by atoms with E-state index in [1.807, 2.05) is 43.3 Å². The fourth-order valence-corrected chi connectivity index (χ4v) is 5.77. The summed E-state index contributed by atoms with van der Waals surface area (Å²) in [6.45, 7) is 4.33. The number of ether oxygens (including phenoxy) is 1. The van der Waals surface area contributed by atoms with E-state index in [1.165, 1.54) is 0 Å². The SMILES string of the molecule is COc1ccc2ncc(C)c([C@H](O)CCC3(C(=O)O)CCN(CCSc4ccccn4)CC3)c2c1. The van der Waals surface area contributed by atoms with Crippen molar-refractivity contribution in [1.82, 2.24) is 14.9 Å². The Morgan fingerprint density at radius 1 is 1.23 bits per heavy atom. The molecule has 2 aromatic heterocycles. The molecule has 3 aromatic rings. The molecule has 1 atom stereocenters. The third kappa shape index (κ3) is 5.94. The minimum absolute atomic E-state index is 0.388. The maximum absolute atomic E-state index is 12.4. The van der Waals surface area contributed by atoms with Crippen LogP contribution in [0.3, 0.4) is 0 Å². The highest BCUT2D eigenvalue weighted by molar-refractivity contribution is 7.99. The molecule has 0 unspecified atom stereocenters. The highest BCUT2D eigenvalue weighted by atomic mass is 32.2. The summed E-state index contributed by atoms with van der Waals surface area (Å²) in [5.74, 6) is 0.868. The third-order valence-corrected chi connectivity index (χ3v) is 8.03. The molecule has 0 spiro atoms. The summed E-state index contributed by atoms with van der Waals surface area (Å²) >= 11 is 1.72. The topological polar surface area (TPSA) is 95.8 Å². The number of carboxylic acids is 1. The molecule has 1 aliphatic rings. The van der Waals surface area contributed by atoms with Crippen LogP contribution in [-0.4, -0.2) is 63.5 Å². The first-order valence-electron chi connectivity index (χ1n) is 12.0. The molecule has 3 heterocycles. The van der Waals surface area contributed by atoms with Gasteiger partial charge in [0.25, 0.3) is 0 Å². The van der Waals surface area contributed by atoms with Crippen LogP contribution in [0.4, 0.5) is 0 Å². The first-order valence-corrected chi connectivity index (χ1v) is 13.0. The molecule has 0 radical (unpaired) electrons. The summed E-state index contributed by atoms with van der Waals surface area (Å²) in [6, 6.07) is 11.5. The second-order valence-corrected chi connectivity index (χ2v) is 10.4. The molecule has 1 fully saturated rings. The summed E-state index contributed by atoms with van der Waals surface area (Å²) < 4.78 is 5.37. The van der Waals surface area contributed by atoms with Crippen LogP contribution >= 0.6 is 11.8 Å². The van der Waals surface area contributed by atoms with Crippen molar-refractivity contribution in [2.45, 2.75) is 43.7 Å². The van der Waals surface area contributed by atoms with E-state index in [-0.39, 0.29) is 0 Å². The Hall–Kier alpha value is -2.68. The van der Waals surface area contributed by atoms with Crippen molar-refractivity contribution in [2.24, 2.45) is 5.41 Å². The standard InChI is InChI=1S/C27H33N3O4S/c1-19-18-29-22-7-6-20(34-2)17-21(22)25(19)23(31)8-9-27(26(32)33)10-13-30(14-11-27)15-16-35-24-5-3-4-12-28-24/h3-7,12,17-18,23,31H,8-11,13-16H2,1-2H3,(H,32,33)/t23-/m1/s1. The van der Waals surface area contributed by atoms with Gasteiger partial charge < -0.3 is 19.8 Å². The van der Waals surface area contributed by atoms with Gasteiger partial charge in [-0.15, -0.1) is 11.8 Å². The van der Waals surface area contributed by atoms with Gasteiger partial charge in [0.1, 0.15) is 5.75 Å². The molecule has 186 valence electrons. The highest BCUT2D eigenvalue weighted by Gasteiger charge is 2.41. The van der Waals surface area contributed by atoms with Gasteiger partial charge in [-0.1, -0.05) is 6.07 Å². The third-order valence-electron chi connectivity index (χ3n) is 7.11. The van der Waals surface area contributed by atoms with Gasteiger partial charge >= 0.3 is 5.97 Å². The van der Waals surface area contributed by atoms with Crippen molar-refractivity contribution in [1.29, 1.82) is 0 Å². The Morgan fingerprint density at radius 3 is 2.71 bits per heavy atom. The van der Waals surface area contributed by atoms with Crippen molar-refractivity contribution in [2.75, 3.05) is 32.5 Å². The molecule has 2 N–H and O–H groups in total. The number of aryl methyl sites for hydroxylation is 1. The van der Waals surface area contributed by atoms with Crippen LogP contribution in [0, 0.1) is 12.3 Å². The van der Waals surface area contributed by atoms with Crippen molar-refractivity contribution >= 4 is 28.6 Å². The van der Waals surface area contributed by atoms with E-state index in [0.29, 0.717) is 31.4 Å². The number of methoxy groups -OCH3 is 1. The number of aliphatic hydroxyl groups excluding tert-OH is 1. The zero-order valence-corrected chi connectivity index (χ0v) is 21.1. The predicted octanol–water partition coefficient (Wildman–Crippen LogP) is 4.72. The minimum atomic E-state index is -0.806. The maximum Gasteiger partial charge on any atom is 0.309 e. The summed E-state index contributed by atoms with van der Waals surface area (Å²) in [5.41, 5.74) is 1.68. The smallest absolute Gasteiger partial charge is 0.309 e. The van der Waals surface area contributed by atoms with Crippen LogP contribution in [0.15, 0.2) is 53.8 Å². The molecule has 0 saturated carbocycles. The average molecular weight is 496 g/mol. The van der Waals surface area contributed by atoms with Crippen LogP contribution < -0.4 is 4.74 Å². The number of carboxylic acid groups (broad SMARTS) is 1. The molecular weight excluding hydrogens is 462 g/mol. The second-order valence-electron chi connectivity index (χ2n) is 9.24. The zero-order chi connectivity index (χ0) is 24.8. The molecule has 0 bridgehead atoms. The maximum atomic E-state index is 12.4. The molecule has 7 nitrogen and oxygen atoms in total. The highest BCUT2D eigenvalue weighted by Crippen LogP contribution is 2.40. The Bertz CT molecular complexity index is 1150. The quantitative estimate of drug-likeness (QED) is 0.390. The van der Waals surface area contributed by atoms with Crippen LogP contribution in [0.5, 0.6) is 5.75 Å². The molecule has 0 aliphatic carbocycles. The van der Waals surface area contributed by atoms with Gasteiger partial charge in [0.2, 0.25) is 0 Å². The lowest BCUT2D eigenvalue weighted by molar-refractivity contribution is -0.153. The zero-order valence-electron chi connectivity index (χ0n) is 20.3. The van der Waals surface area contributed by atoms with E-state index >= 15 is 0 Å². The molecule has 1 aliphatic heterocycles. The Balaban J connectivity index is 1.38. The van der Waals surface area contributed by atoms with Crippen molar-refractivity contribution in [3.05, 3.63) is 59.9 Å². The van der Waals surface area contributed by atoms with Gasteiger partial charge in [-0.2, -0.15) is 0 Å². The number of nitrogens with zero attached hydrogens (tertiary/aromatic N) is 3. The number of hydrogen-bond acceptors (Lipinski definition) is 7. The molecule has 35 heavy (non-hydrogen) atoms. The van der Waals surface area contributed by atoms with E-state index in [0.717, 1.165) is 52.4 Å². The minimum Gasteiger partial charge on any atom is -0.497 e. The number of thioether (sulfide) groups is 1. The fourth-order valence-electron chi connectivity index (χ4n) is 4.91. The number of pyridine rings is 2. The normalized spacial score (nSPS) is 16.8. The van der Waals surface area contributed by atoms with E-state index in [9.17, 15) is 15.0 Å². The van der Waals surface area contributed by atoms with Crippen molar-refractivity contribution in [3.8, 4) is 5.75 Å². The van der Waals surface area contributed by atoms with Gasteiger partial charge in [-0.05, 0) is 87.2 Å². The van der Waals surface area contributed by atoms with Gasteiger partial charge in [0.15, 0.2) is 0 Å². The van der Waals surface area contributed by atoms with Crippen LogP contribution in [0.25, 0.3) is 10.9 Å². The van der Waals surface area contributed by atoms with E-state index in [4.69, 9.17) is 4.74 Å². The number of carbonyl (C=O) groups is 1.